The number of H-pyrrole nitrogens is 1. The molecule has 3 aromatic rings. The van der Waals surface area contributed by atoms with E-state index in [-0.39, 0.29) is 23.3 Å². The van der Waals surface area contributed by atoms with E-state index < -0.39 is 0 Å². The van der Waals surface area contributed by atoms with E-state index >= 15 is 0 Å². The Balaban J connectivity index is 1.56. The van der Waals surface area contributed by atoms with E-state index in [4.69, 9.17) is 9.72 Å². The Bertz CT molecular complexity index is 1040. The smallest absolute Gasteiger partial charge is 0.278 e. The van der Waals surface area contributed by atoms with Gasteiger partial charge in [-0.05, 0) is 25.8 Å². The number of aromatic amines is 1. The van der Waals surface area contributed by atoms with Crippen molar-refractivity contribution in [3.63, 3.8) is 0 Å². The van der Waals surface area contributed by atoms with Gasteiger partial charge in [0.1, 0.15) is 11.0 Å². The molecule has 1 amide bonds. The first-order valence-electron chi connectivity index (χ1n) is 9.19. The molecule has 7 nitrogen and oxygen atoms in total. The Morgan fingerprint density at radius 3 is 3.07 bits per heavy atom. The molecule has 1 saturated heterocycles. The first kappa shape index (κ1) is 18.1. The lowest BCUT2D eigenvalue weighted by Gasteiger charge is -2.12. The summed E-state index contributed by atoms with van der Waals surface area (Å²) in [6, 6.07) is 7.72. The van der Waals surface area contributed by atoms with Gasteiger partial charge in [-0.1, -0.05) is 30.0 Å². The monoisotopic (exact) mass is 386 g/mol. The minimum Gasteiger partial charge on any atom is -0.376 e. The van der Waals surface area contributed by atoms with Gasteiger partial charge in [-0.15, -0.1) is 0 Å². The maximum absolute atomic E-state index is 12.9. The van der Waals surface area contributed by atoms with Crippen molar-refractivity contribution in [2.45, 2.75) is 37.6 Å². The molecular formula is C19H22N4O3S. The van der Waals surface area contributed by atoms with Crippen molar-refractivity contribution in [1.82, 2.24) is 19.9 Å². The quantitative estimate of drug-likeness (QED) is 0.501. The number of ether oxygens (including phenoxy) is 1. The summed E-state index contributed by atoms with van der Waals surface area (Å²) in [5.74, 6) is 0.138. The number of carbonyl (C=O) groups excluding carboxylic acids is 1. The fourth-order valence-corrected chi connectivity index (χ4v) is 4.26. The summed E-state index contributed by atoms with van der Waals surface area (Å²) in [5.41, 5.74) is 1.94. The van der Waals surface area contributed by atoms with Crippen LogP contribution in [0, 0.1) is 0 Å². The minimum atomic E-state index is -0.110. The lowest BCUT2D eigenvalue weighted by atomic mass is 10.2. The zero-order valence-corrected chi connectivity index (χ0v) is 16.0. The molecule has 0 saturated carbocycles. The Kier molecular flexibility index (Phi) is 5.18. The van der Waals surface area contributed by atoms with Crippen molar-refractivity contribution in [3.8, 4) is 0 Å². The highest BCUT2D eigenvalue weighted by molar-refractivity contribution is 7.99. The molecule has 1 aliphatic rings. The number of aromatic nitrogens is 3. The Morgan fingerprint density at radius 2 is 2.30 bits per heavy atom. The van der Waals surface area contributed by atoms with Gasteiger partial charge >= 0.3 is 0 Å². The summed E-state index contributed by atoms with van der Waals surface area (Å²) in [5, 5.41) is 4.38. The van der Waals surface area contributed by atoms with Crippen LogP contribution in [0.1, 0.15) is 19.8 Å². The van der Waals surface area contributed by atoms with Crippen LogP contribution in [0.3, 0.4) is 0 Å². The van der Waals surface area contributed by atoms with Crippen LogP contribution in [-0.2, 0) is 16.1 Å². The molecule has 1 fully saturated rings. The van der Waals surface area contributed by atoms with Crippen molar-refractivity contribution in [3.05, 3.63) is 34.6 Å². The van der Waals surface area contributed by atoms with Gasteiger partial charge in [-0.3, -0.25) is 14.2 Å². The van der Waals surface area contributed by atoms with Crippen molar-refractivity contribution < 1.29 is 9.53 Å². The second kappa shape index (κ2) is 7.74. The number of carbonyl (C=O) groups is 1. The Labute approximate surface area is 160 Å². The summed E-state index contributed by atoms with van der Waals surface area (Å²) >= 11 is 1.29. The van der Waals surface area contributed by atoms with Crippen molar-refractivity contribution in [2.24, 2.45) is 0 Å². The van der Waals surface area contributed by atoms with E-state index in [1.807, 2.05) is 31.2 Å². The topological polar surface area (TPSA) is 89.0 Å². The summed E-state index contributed by atoms with van der Waals surface area (Å²) in [4.78, 5) is 32.9. The Hall–Kier alpha value is -2.32. The maximum Gasteiger partial charge on any atom is 0.278 e. The number of thioether (sulfide) groups is 1. The predicted octanol–water partition coefficient (Wildman–Crippen LogP) is 2.29. The van der Waals surface area contributed by atoms with Gasteiger partial charge < -0.3 is 15.0 Å². The van der Waals surface area contributed by atoms with Crippen molar-refractivity contribution in [2.75, 3.05) is 18.9 Å². The second-order valence-electron chi connectivity index (χ2n) is 6.57. The average molecular weight is 386 g/mol. The summed E-state index contributed by atoms with van der Waals surface area (Å²) in [6.45, 7) is 3.71. The number of nitrogens with zero attached hydrogens (tertiary/aromatic N) is 2. The zero-order valence-electron chi connectivity index (χ0n) is 15.2. The number of para-hydroxylation sites is 1. The van der Waals surface area contributed by atoms with Gasteiger partial charge in [0.25, 0.3) is 5.56 Å². The van der Waals surface area contributed by atoms with Crippen LogP contribution < -0.4 is 10.9 Å². The van der Waals surface area contributed by atoms with Crippen LogP contribution in [0.5, 0.6) is 0 Å². The highest BCUT2D eigenvalue weighted by atomic mass is 32.2. The van der Waals surface area contributed by atoms with Crippen LogP contribution in [0.2, 0.25) is 0 Å². The molecule has 1 atom stereocenters. The number of rotatable bonds is 6. The van der Waals surface area contributed by atoms with Gasteiger partial charge in [0.2, 0.25) is 5.91 Å². The van der Waals surface area contributed by atoms with Crippen molar-refractivity contribution in [1.29, 1.82) is 0 Å². The van der Waals surface area contributed by atoms with Crippen LogP contribution in [0.15, 0.2) is 34.2 Å². The highest BCUT2D eigenvalue weighted by Gasteiger charge is 2.18. The van der Waals surface area contributed by atoms with Gasteiger partial charge in [-0.2, -0.15) is 0 Å². The molecule has 8 heteroatoms. The van der Waals surface area contributed by atoms with E-state index in [0.717, 1.165) is 30.4 Å². The third-order valence-electron chi connectivity index (χ3n) is 4.78. The third-order valence-corrected chi connectivity index (χ3v) is 5.75. The predicted molar refractivity (Wildman–Crippen MR) is 106 cm³/mol. The lowest BCUT2D eigenvalue weighted by molar-refractivity contribution is -0.119. The van der Waals surface area contributed by atoms with E-state index in [1.165, 1.54) is 11.8 Å². The molecule has 1 aromatic carbocycles. The van der Waals surface area contributed by atoms with Gasteiger partial charge in [0.05, 0.1) is 11.9 Å². The average Bonchev–Trinajstić information content (AvgIpc) is 3.33. The molecule has 1 aliphatic heterocycles. The number of hydrogen-bond acceptors (Lipinski definition) is 5. The second-order valence-corrected chi connectivity index (χ2v) is 7.51. The molecule has 3 heterocycles. The van der Waals surface area contributed by atoms with Crippen molar-refractivity contribution >= 4 is 39.6 Å². The number of fused-ring (bicyclic) bond motifs is 3. The number of benzene rings is 1. The first-order valence-corrected chi connectivity index (χ1v) is 10.2. The van der Waals surface area contributed by atoms with E-state index in [2.05, 4.69) is 10.3 Å². The SMILES string of the molecule is CCn1c(SCC(=O)NC[C@H]2CCCO2)nc2c([nH]c3ccccc32)c1=O. The molecular weight excluding hydrogens is 364 g/mol. The molecule has 27 heavy (non-hydrogen) atoms. The van der Waals surface area contributed by atoms with Crippen LogP contribution >= 0.6 is 11.8 Å². The van der Waals surface area contributed by atoms with E-state index in [9.17, 15) is 9.59 Å². The Morgan fingerprint density at radius 1 is 1.44 bits per heavy atom. The number of nitrogens with one attached hydrogen (secondary N) is 2. The minimum absolute atomic E-state index is 0.0774. The molecule has 2 aromatic heterocycles. The zero-order chi connectivity index (χ0) is 18.8. The van der Waals surface area contributed by atoms with Gasteiger partial charge in [0, 0.05) is 30.6 Å². The number of hydrogen-bond donors (Lipinski definition) is 2. The van der Waals surface area contributed by atoms with Gasteiger partial charge in [-0.25, -0.2) is 4.98 Å². The first-order chi connectivity index (χ1) is 13.2. The van der Waals surface area contributed by atoms with Crippen LogP contribution in [0.25, 0.3) is 21.9 Å². The normalized spacial score (nSPS) is 17.0. The molecule has 4 rings (SSSR count). The molecule has 0 radical (unpaired) electrons. The molecule has 0 unspecified atom stereocenters. The van der Waals surface area contributed by atoms with Crippen LogP contribution in [0.4, 0.5) is 0 Å². The molecule has 0 spiro atoms. The molecule has 2 N–H and O–H groups in total. The van der Waals surface area contributed by atoms with Crippen LogP contribution in [-0.4, -0.2) is 45.5 Å². The number of amides is 1. The lowest BCUT2D eigenvalue weighted by Crippen LogP contribution is -2.33. The van der Waals surface area contributed by atoms with E-state index in [1.54, 1.807) is 4.57 Å². The fourth-order valence-electron chi connectivity index (χ4n) is 3.38. The molecule has 0 aliphatic carbocycles. The maximum atomic E-state index is 12.9. The molecule has 142 valence electrons. The summed E-state index contributed by atoms with van der Waals surface area (Å²) < 4.78 is 7.12. The summed E-state index contributed by atoms with van der Waals surface area (Å²) in [6.07, 6.45) is 2.15. The third kappa shape index (κ3) is 3.59. The summed E-state index contributed by atoms with van der Waals surface area (Å²) in [7, 11) is 0. The molecule has 0 bridgehead atoms. The largest absolute Gasteiger partial charge is 0.376 e. The highest BCUT2D eigenvalue weighted by Crippen LogP contribution is 2.24. The van der Waals surface area contributed by atoms with E-state index in [0.29, 0.717) is 29.3 Å². The standard InChI is InChI=1S/C19H22N4O3S/c1-2-23-18(25)17-16(13-7-3-4-8-14(13)21-17)22-19(23)27-11-15(24)20-10-12-6-5-9-26-12/h3-4,7-8,12,21H,2,5-6,9-11H2,1H3,(H,20,24)/t12-/m1/s1. The van der Waals surface area contributed by atoms with Gasteiger partial charge in [0.15, 0.2) is 5.16 Å². The fraction of sp³-hybridized carbons (Fsp3) is 0.421.